The highest BCUT2D eigenvalue weighted by atomic mass is 32.1. The number of benzene rings is 1. The Kier molecular flexibility index (Phi) is 4.36. The van der Waals surface area contributed by atoms with E-state index in [-0.39, 0.29) is 0 Å². The van der Waals surface area contributed by atoms with E-state index in [1.807, 2.05) is 29.3 Å². The van der Waals surface area contributed by atoms with Gasteiger partial charge in [-0.15, -0.1) is 22.7 Å². The molecular formula is C17H17N3S2. The van der Waals surface area contributed by atoms with Crippen molar-refractivity contribution in [2.24, 2.45) is 10.1 Å². The van der Waals surface area contributed by atoms with Gasteiger partial charge in [0.2, 0.25) is 4.80 Å². The highest BCUT2D eigenvalue weighted by Crippen LogP contribution is 2.19. The van der Waals surface area contributed by atoms with Crippen molar-refractivity contribution >= 4 is 34.6 Å². The van der Waals surface area contributed by atoms with Gasteiger partial charge in [0.15, 0.2) is 0 Å². The average Bonchev–Trinajstić information content (AvgIpc) is 3.12. The fourth-order valence-corrected chi connectivity index (χ4v) is 3.42. The van der Waals surface area contributed by atoms with Crippen molar-refractivity contribution in [2.75, 3.05) is 0 Å². The number of aromatic nitrogens is 1. The third kappa shape index (κ3) is 3.26. The number of thiazole rings is 1. The third-order valence-electron chi connectivity index (χ3n) is 3.27. The molecule has 0 fully saturated rings. The minimum absolute atomic E-state index is 0.888. The molecule has 3 aromatic rings. The van der Waals surface area contributed by atoms with Crippen molar-refractivity contribution < 1.29 is 0 Å². The van der Waals surface area contributed by atoms with Gasteiger partial charge in [0.25, 0.3) is 0 Å². The first-order valence-electron chi connectivity index (χ1n) is 7.00. The molecule has 1 aromatic carbocycles. The molecule has 2 heterocycles. The fourth-order valence-electron chi connectivity index (χ4n) is 2.03. The molecule has 0 bridgehead atoms. The largest absolute Gasteiger partial charge is 0.219 e. The number of hydrogen-bond acceptors (Lipinski definition) is 4. The lowest BCUT2D eigenvalue weighted by molar-refractivity contribution is 0.809. The summed E-state index contributed by atoms with van der Waals surface area (Å²) in [5, 5.41) is 8.70. The molecule has 0 unspecified atom stereocenters. The Morgan fingerprint density at radius 2 is 1.95 bits per heavy atom. The van der Waals surface area contributed by atoms with Gasteiger partial charge in [0.1, 0.15) is 0 Å². The number of nitrogens with zero attached hydrogens (tertiary/aromatic N) is 3. The van der Waals surface area contributed by atoms with Gasteiger partial charge in [-0.25, -0.2) is 9.67 Å². The summed E-state index contributed by atoms with van der Waals surface area (Å²) in [7, 11) is 0. The molecular weight excluding hydrogens is 310 g/mol. The Balaban J connectivity index is 2.05. The van der Waals surface area contributed by atoms with Crippen LogP contribution in [-0.4, -0.2) is 10.9 Å². The van der Waals surface area contributed by atoms with Crippen molar-refractivity contribution in [1.29, 1.82) is 0 Å². The van der Waals surface area contributed by atoms with Gasteiger partial charge in [-0.3, -0.25) is 0 Å². The number of hydrogen-bond donors (Lipinski definition) is 0. The van der Waals surface area contributed by atoms with E-state index in [9.17, 15) is 0 Å². The highest BCUT2D eigenvalue weighted by Gasteiger charge is 2.02. The topological polar surface area (TPSA) is 29.6 Å². The predicted molar refractivity (Wildman–Crippen MR) is 95.5 cm³/mol. The summed E-state index contributed by atoms with van der Waals surface area (Å²) in [6.07, 6.45) is 1.88. The van der Waals surface area contributed by atoms with E-state index < -0.39 is 0 Å². The molecule has 112 valence electrons. The van der Waals surface area contributed by atoms with E-state index in [1.54, 1.807) is 22.7 Å². The predicted octanol–water partition coefficient (Wildman–Crippen LogP) is 4.65. The molecule has 5 heteroatoms. The lowest BCUT2D eigenvalue weighted by Crippen LogP contribution is -2.11. The molecule has 0 aliphatic carbocycles. The van der Waals surface area contributed by atoms with Crippen molar-refractivity contribution in [2.45, 2.75) is 20.8 Å². The lowest BCUT2D eigenvalue weighted by atomic mass is 10.1. The zero-order valence-electron chi connectivity index (χ0n) is 12.8. The summed E-state index contributed by atoms with van der Waals surface area (Å²) < 4.78 is 1.90. The number of aryl methyl sites for hydroxylation is 3. The zero-order valence-corrected chi connectivity index (χ0v) is 14.4. The van der Waals surface area contributed by atoms with Crippen LogP contribution in [0.5, 0.6) is 0 Å². The quantitative estimate of drug-likeness (QED) is 0.627. The van der Waals surface area contributed by atoms with Crippen LogP contribution in [-0.2, 0) is 0 Å². The molecule has 0 spiro atoms. The van der Waals surface area contributed by atoms with Gasteiger partial charge in [-0.2, -0.15) is 5.10 Å². The third-order valence-corrected chi connectivity index (χ3v) is 5.02. The van der Waals surface area contributed by atoms with Crippen LogP contribution in [0.4, 0.5) is 5.69 Å². The molecule has 0 atom stereocenters. The number of rotatable bonds is 3. The Morgan fingerprint density at radius 3 is 2.73 bits per heavy atom. The van der Waals surface area contributed by atoms with Gasteiger partial charge < -0.3 is 0 Å². The van der Waals surface area contributed by atoms with Crippen molar-refractivity contribution in [3.8, 4) is 0 Å². The Bertz CT molecular complexity index is 868. The van der Waals surface area contributed by atoms with Crippen LogP contribution < -0.4 is 4.80 Å². The molecule has 0 saturated heterocycles. The normalized spacial score (nSPS) is 12.4. The van der Waals surface area contributed by atoms with E-state index in [0.29, 0.717) is 0 Å². The molecule has 22 heavy (non-hydrogen) atoms. The molecule has 0 amide bonds. The molecule has 3 rings (SSSR count). The molecule has 0 saturated carbocycles. The Hall–Kier alpha value is -1.98. The minimum atomic E-state index is 0.888. The fraction of sp³-hybridized carbons (Fsp3) is 0.176. The van der Waals surface area contributed by atoms with Crippen LogP contribution >= 0.6 is 22.7 Å². The van der Waals surface area contributed by atoms with Gasteiger partial charge in [0.05, 0.1) is 17.6 Å². The van der Waals surface area contributed by atoms with E-state index >= 15 is 0 Å². The molecule has 0 N–H and O–H groups in total. The first-order chi connectivity index (χ1) is 10.6. The van der Waals surface area contributed by atoms with Gasteiger partial charge >= 0.3 is 0 Å². The number of thiophene rings is 1. The zero-order chi connectivity index (χ0) is 15.5. The maximum Gasteiger partial charge on any atom is 0.211 e. The monoisotopic (exact) mass is 327 g/mol. The first kappa shape index (κ1) is 14.9. The van der Waals surface area contributed by atoms with Crippen LogP contribution in [0.3, 0.4) is 0 Å². The molecule has 3 nitrogen and oxygen atoms in total. The second-order valence-electron chi connectivity index (χ2n) is 5.13. The lowest BCUT2D eigenvalue weighted by Gasteiger charge is -2.01. The van der Waals surface area contributed by atoms with Crippen molar-refractivity contribution in [3.05, 3.63) is 67.6 Å². The average molecular weight is 327 g/mol. The van der Waals surface area contributed by atoms with Gasteiger partial charge in [-0.1, -0.05) is 18.2 Å². The van der Waals surface area contributed by atoms with E-state index in [1.165, 1.54) is 11.1 Å². The van der Waals surface area contributed by atoms with E-state index in [0.717, 1.165) is 21.1 Å². The second kappa shape index (κ2) is 6.42. The van der Waals surface area contributed by atoms with Crippen LogP contribution in [0, 0.1) is 20.8 Å². The van der Waals surface area contributed by atoms with Crippen LogP contribution in [0.25, 0.3) is 0 Å². The highest BCUT2D eigenvalue weighted by molar-refractivity contribution is 7.11. The molecule has 0 aliphatic rings. The van der Waals surface area contributed by atoms with Gasteiger partial charge in [-0.05, 0) is 49.4 Å². The molecule has 0 aliphatic heterocycles. The van der Waals surface area contributed by atoms with Crippen LogP contribution in [0.2, 0.25) is 0 Å². The van der Waals surface area contributed by atoms with Gasteiger partial charge in [0, 0.05) is 10.3 Å². The maximum absolute atomic E-state index is 4.79. The minimum Gasteiger partial charge on any atom is -0.219 e. The maximum atomic E-state index is 4.79. The van der Waals surface area contributed by atoms with Crippen molar-refractivity contribution in [3.63, 3.8) is 0 Å². The molecule has 2 aromatic heterocycles. The Morgan fingerprint density at radius 1 is 1.09 bits per heavy atom. The SMILES string of the molecule is Cc1ccc(C)c(N=c2scc(C)n2N=Cc2cccs2)c1. The summed E-state index contributed by atoms with van der Waals surface area (Å²) in [5.41, 5.74) is 4.47. The van der Waals surface area contributed by atoms with E-state index in [2.05, 4.69) is 48.6 Å². The summed E-state index contributed by atoms with van der Waals surface area (Å²) >= 11 is 3.28. The van der Waals surface area contributed by atoms with Crippen molar-refractivity contribution in [1.82, 2.24) is 4.68 Å². The summed E-state index contributed by atoms with van der Waals surface area (Å²) in [4.78, 5) is 6.82. The van der Waals surface area contributed by atoms with Crippen LogP contribution in [0.15, 0.2) is 51.2 Å². The molecule has 0 radical (unpaired) electrons. The van der Waals surface area contributed by atoms with Crippen LogP contribution in [0.1, 0.15) is 21.7 Å². The summed E-state index contributed by atoms with van der Waals surface area (Å²) in [5.74, 6) is 0. The summed E-state index contributed by atoms with van der Waals surface area (Å²) in [6.45, 7) is 6.21. The smallest absolute Gasteiger partial charge is 0.211 e. The van der Waals surface area contributed by atoms with E-state index in [4.69, 9.17) is 4.99 Å². The Labute approximate surface area is 137 Å². The summed E-state index contributed by atoms with van der Waals surface area (Å²) in [6, 6.07) is 10.4. The second-order valence-corrected chi connectivity index (χ2v) is 6.95. The first-order valence-corrected chi connectivity index (χ1v) is 8.76. The standard InChI is InChI=1S/C17H17N3S2/c1-12-6-7-13(2)16(9-12)19-17-20(14(3)11-22-17)18-10-15-5-4-8-21-15/h4-11H,1-3H3.